The fraction of sp³-hybridized carbons (Fsp3) is 0.152. The van der Waals surface area contributed by atoms with E-state index in [4.69, 9.17) is 14.5 Å². The summed E-state index contributed by atoms with van der Waals surface area (Å²) in [4.78, 5) is 43.8. The van der Waals surface area contributed by atoms with Gasteiger partial charge in [0.05, 0.1) is 42.5 Å². The summed E-state index contributed by atoms with van der Waals surface area (Å²) < 4.78 is 12.1. The third-order valence-electron chi connectivity index (χ3n) is 7.03. The van der Waals surface area contributed by atoms with Crippen LogP contribution in [0, 0.1) is 13.8 Å². The van der Waals surface area contributed by atoms with Crippen molar-refractivity contribution in [3.05, 3.63) is 117 Å². The van der Waals surface area contributed by atoms with Crippen LogP contribution < -0.4 is 4.74 Å². The number of nitrogens with zero attached hydrogens (tertiary/aromatic N) is 3. The molecule has 4 aromatic rings. The first-order valence-corrected chi connectivity index (χ1v) is 14.1. The third kappa shape index (κ3) is 6.24. The van der Waals surface area contributed by atoms with Crippen LogP contribution in [0.15, 0.2) is 88.8 Å². The molecule has 3 aromatic carbocycles. The lowest BCUT2D eigenvalue weighted by Gasteiger charge is -2.16. The molecule has 0 saturated carbocycles. The molecule has 1 saturated heterocycles. The smallest absolute Gasteiger partial charge is 0.337 e. The number of amidine groups is 1. The molecule has 9 nitrogen and oxygen atoms in total. The van der Waals surface area contributed by atoms with Gasteiger partial charge >= 0.3 is 11.9 Å². The molecule has 1 aliphatic rings. The van der Waals surface area contributed by atoms with Crippen LogP contribution in [0.5, 0.6) is 5.75 Å². The van der Waals surface area contributed by atoms with Crippen LogP contribution in [-0.4, -0.2) is 51.8 Å². The summed E-state index contributed by atoms with van der Waals surface area (Å²) in [6, 6.07) is 22.9. The first-order chi connectivity index (χ1) is 20.7. The number of hydrogen-bond donors (Lipinski definition) is 1. The predicted octanol–water partition coefficient (Wildman–Crippen LogP) is 6.39. The molecule has 43 heavy (non-hydrogen) atoms. The molecule has 0 atom stereocenters. The normalized spacial score (nSPS) is 14.9. The Labute approximate surface area is 253 Å². The van der Waals surface area contributed by atoms with Gasteiger partial charge in [-0.2, -0.15) is 0 Å². The van der Waals surface area contributed by atoms with Crippen molar-refractivity contribution in [3.8, 4) is 11.4 Å². The number of thioether (sulfide) groups is 1. The molecule has 10 heteroatoms. The third-order valence-corrected chi connectivity index (χ3v) is 8.04. The first-order valence-electron chi connectivity index (χ1n) is 13.3. The van der Waals surface area contributed by atoms with Crippen LogP contribution in [0.4, 0.5) is 5.69 Å². The SMILES string of the molecule is COC(=O)c1ccc(-n2c(C)cc(/C=C3\SC(=Nc4ccc(OC)cc4)N(Cc4ccc(C(=O)O)cc4)C3=O)c2C)cc1. The topological polar surface area (TPSA) is 110 Å². The highest BCUT2D eigenvalue weighted by molar-refractivity contribution is 8.18. The Morgan fingerprint density at radius 2 is 1.58 bits per heavy atom. The number of ether oxygens (including phenoxy) is 2. The van der Waals surface area contributed by atoms with Gasteiger partial charge in [0.25, 0.3) is 5.91 Å². The summed E-state index contributed by atoms with van der Waals surface area (Å²) in [6.45, 7) is 4.19. The highest BCUT2D eigenvalue weighted by Crippen LogP contribution is 2.36. The molecule has 1 fully saturated rings. The van der Waals surface area contributed by atoms with Crippen molar-refractivity contribution in [3.63, 3.8) is 0 Å². The molecular formula is C33H29N3O6S. The van der Waals surface area contributed by atoms with E-state index in [1.54, 1.807) is 48.4 Å². The Kier molecular flexibility index (Phi) is 8.49. The average Bonchev–Trinajstić information content (AvgIpc) is 3.46. The van der Waals surface area contributed by atoms with Crippen molar-refractivity contribution in [1.82, 2.24) is 9.47 Å². The summed E-state index contributed by atoms with van der Waals surface area (Å²) >= 11 is 1.28. The van der Waals surface area contributed by atoms with E-state index in [0.717, 1.165) is 28.2 Å². The molecule has 5 rings (SSSR count). The second kappa shape index (κ2) is 12.4. The van der Waals surface area contributed by atoms with Gasteiger partial charge in [0.15, 0.2) is 5.17 Å². The standard InChI is InChI=1S/C33H29N3O6S/c1-20-17-25(21(2)36(20)27-13-9-24(10-14-27)32(40)42-4)18-29-30(37)35(19-22-5-7-23(8-6-22)31(38)39)33(43-29)34-26-11-15-28(41-3)16-12-26/h5-18H,19H2,1-4H3,(H,38,39)/b29-18-,34-33?. The van der Waals surface area contributed by atoms with Gasteiger partial charge in [0, 0.05) is 17.1 Å². The van der Waals surface area contributed by atoms with Gasteiger partial charge in [0.2, 0.25) is 0 Å². The number of methoxy groups -OCH3 is 2. The van der Waals surface area contributed by atoms with Crippen molar-refractivity contribution in [2.75, 3.05) is 14.2 Å². The second-order valence-electron chi connectivity index (χ2n) is 9.80. The van der Waals surface area contributed by atoms with Crippen molar-refractivity contribution in [2.24, 2.45) is 4.99 Å². The number of aryl methyl sites for hydroxylation is 1. The quantitative estimate of drug-likeness (QED) is 0.186. The number of rotatable bonds is 8. The fourth-order valence-corrected chi connectivity index (χ4v) is 5.76. The molecule has 218 valence electrons. The van der Waals surface area contributed by atoms with Gasteiger partial charge in [0.1, 0.15) is 5.75 Å². The number of aromatic nitrogens is 1. The van der Waals surface area contributed by atoms with E-state index in [-0.39, 0.29) is 18.0 Å². The number of hydrogen-bond acceptors (Lipinski definition) is 7. The zero-order valence-electron chi connectivity index (χ0n) is 24.0. The van der Waals surface area contributed by atoms with E-state index in [2.05, 4.69) is 4.57 Å². The van der Waals surface area contributed by atoms with Crippen LogP contribution in [0.3, 0.4) is 0 Å². The monoisotopic (exact) mass is 595 g/mol. The van der Waals surface area contributed by atoms with Crippen LogP contribution in [0.2, 0.25) is 0 Å². The number of carbonyl (C=O) groups excluding carboxylic acids is 2. The highest BCUT2D eigenvalue weighted by atomic mass is 32.2. The van der Waals surface area contributed by atoms with Crippen LogP contribution in [-0.2, 0) is 16.1 Å². The van der Waals surface area contributed by atoms with Crippen molar-refractivity contribution >= 4 is 46.5 Å². The average molecular weight is 596 g/mol. The molecule has 1 aliphatic heterocycles. The largest absolute Gasteiger partial charge is 0.497 e. The maximum Gasteiger partial charge on any atom is 0.337 e. The minimum absolute atomic E-state index is 0.175. The summed E-state index contributed by atoms with van der Waals surface area (Å²) in [6.07, 6.45) is 1.87. The van der Waals surface area contributed by atoms with E-state index >= 15 is 0 Å². The Balaban J connectivity index is 1.49. The van der Waals surface area contributed by atoms with E-state index in [1.807, 2.05) is 50.3 Å². The highest BCUT2D eigenvalue weighted by Gasteiger charge is 2.34. The second-order valence-corrected chi connectivity index (χ2v) is 10.8. The molecule has 2 heterocycles. The zero-order chi connectivity index (χ0) is 30.7. The van der Waals surface area contributed by atoms with E-state index in [1.165, 1.54) is 31.0 Å². The number of benzene rings is 3. The summed E-state index contributed by atoms with van der Waals surface area (Å²) in [5.41, 5.74) is 5.73. The molecule has 0 aliphatic carbocycles. The number of aliphatic imine (C=N–C) groups is 1. The van der Waals surface area contributed by atoms with E-state index in [9.17, 15) is 19.5 Å². The number of aromatic carboxylic acids is 1. The maximum atomic E-state index is 13.8. The Morgan fingerprint density at radius 1 is 0.930 bits per heavy atom. The lowest BCUT2D eigenvalue weighted by atomic mass is 10.1. The summed E-state index contributed by atoms with van der Waals surface area (Å²) in [7, 11) is 2.94. The van der Waals surface area contributed by atoms with Gasteiger partial charge < -0.3 is 19.1 Å². The molecular weight excluding hydrogens is 566 g/mol. The molecule has 1 aromatic heterocycles. The lowest BCUT2D eigenvalue weighted by molar-refractivity contribution is -0.122. The minimum Gasteiger partial charge on any atom is -0.497 e. The molecule has 1 N–H and O–H groups in total. The zero-order valence-corrected chi connectivity index (χ0v) is 24.8. The van der Waals surface area contributed by atoms with Gasteiger partial charge in [-0.25, -0.2) is 14.6 Å². The number of amides is 1. The summed E-state index contributed by atoms with van der Waals surface area (Å²) in [5.74, 6) is -0.912. The molecule has 0 unspecified atom stereocenters. The van der Waals surface area contributed by atoms with Gasteiger partial charge in [-0.15, -0.1) is 0 Å². The van der Waals surface area contributed by atoms with E-state index < -0.39 is 11.9 Å². The molecule has 0 radical (unpaired) electrons. The maximum absolute atomic E-state index is 13.8. The van der Waals surface area contributed by atoms with Crippen molar-refractivity contribution < 1.29 is 29.0 Å². The fourth-order valence-electron chi connectivity index (χ4n) is 4.77. The number of esters is 1. The number of carbonyl (C=O) groups is 3. The van der Waals surface area contributed by atoms with Gasteiger partial charge in [-0.05, 0) is 110 Å². The van der Waals surface area contributed by atoms with Crippen LogP contribution in [0.25, 0.3) is 11.8 Å². The molecule has 1 amide bonds. The van der Waals surface area contributed by atoms with Gasteiger partial charge in [-0.1, -0.05) is 12.1 Å². The summed E-state index contributed by atoms with van der Waals surface area (Å²) in [5, 5.41) is 9.77. The van der Waals surface area contributed by atoms with Crippen molar-refractivity contribution in [2.45, 2.75) is 20.4 Å². The number of carboxylic acid groups (broad SMARTS) is 1. The Hall–Kier alpha value is -5.09. The first kappa shape index (κ1) is 29.4. The predicted molar refractivity (Wildman–Crippen MR) is 166 cm³/mol. The molecule has 0 bridgehead atoms. The minimum atomic E-state index is -1.01. The lowest BCUT2D eigenvalue weighted by Crippen LogP contribution is -2.28. The van der Waals surface area contributed by atoms with Crippen molar-refractivity contribution in [1.29, 1.82) is 0 Å². The van der Waals surface area contributed by atoms with Crippen LogP contribution in [0.1, 0.15) is 43.2 Å². The van der Waals surface area contributed by atoms with Gasteiger partial charge in [-0.3, -0.25) is 9.69 Å². The van der Waals surface area contributed by atoms with Crippen LogP contribution >= 0.6 is 11.8 Å². The van der Waals surface area contributed by atoms with E-state index in [0.29, 0.717) is 27.1 Å². The Bertz CT molecular complexity index is 1750. The molecule has 0 spiro atoms. The Morgan fingerprint density at radius 3 is 2.19 bits per heavy atom. The number of carboxylic acids is 1.